The highest BCUT2D eigenvalue weighted by molar-refractivity contribution is 5.84. The van der Waals surface area contributed by atoms with Crippen LogP contribution in [0.1, 0.15) is 37.8 Å². The molecule has 1 atom stereocenters. The quantitative estimate of drug-likeness (QED) is 0.853. The molecule has 1 aromatic carbocycles. The van der Waals surface area contributed by atoms with Gasteiger partial charge < -0.3 is 15.8 Å². The zero-order chi connectivity index (χ0) is 13.9. The van der Waals surface area contributed by atoms with E-state index in [2.05, 4.69) is 5.32 Å². The van der Waals surface area contributed by atoms with Gasteiger partial charge in [0.1, 0.15) is 5.75 Å². The van der Waals surface area contributed by atoms with E-state index in [0.29, 0.717) is 6.54 Å². The molecule has 0 heterocycles. The first kappa shape index (κ1) is 13.9. The number of carbonyl (C=O) groups is 1. The molecule has 1 saturated carbocycles. The molecule has 0 aromatic heterocycles. The van der Waals surface area contributed by atoms with E-state index >= 15 is 0 Å². The average Bonchev–Trinajstić information content (AvgIpc) is 2.38. The van der Waals surface area contributed by atoms with Gasteiger partial charge in [-0.3, -0.25) is 4.79 Å². The van der Waals surface area contributed by atoms with Gasteiger partial charge in [-0.25, -0.2) is 0 Å². The molecule has 104 valence electrons. The van der Waals surface area contributed by atoms with Crippen LogP contribution >= 0.6 is 0 Å². The molecule has 0 saturated heterocycles. The number of rotatable bonds is 5. The highest BCUT2D eigenvalue weighted by atomic mass is 16.5. The molecular formula is C15H22N2O2. The maximum atomic E-state index is 12.3. The molecule has 0 aliphatic heterocycles. The molecule has 1 amide bonds. The Morgan fingerprint density at radius 2 is 2.05 bits per heavy atom. The van der Waals surface area contributed by atoms with Crippen molar-refractivity contribution >= 4 is 5.91 Å². The van der Waals surface area contributed by atoms with Crippen molar-refractivity contribution in [2.24, 2.45) is 11.1 Å². The number of hydrogen-bond donors (Lipinski definition) is 2. The molecule has 0 spiro atoms. The topological polar surface area (TPSA) is 64.3 Å². The smallest absolute Gasteiger partial charge is 0.227 e. The highest BCUT2D eigenvalue weighted by Crippen LogP contribution is 2.40. The van der Waals surface area contributed by atoms with E-state index in [4.69, 9.17) is 10.5 Å². The summed E-state index contributed by atoms with van der Waals surface area (Å²) in [4.78, 5) is 12.3. The SMILES string of the molecule is COc1ccc(C(C)NC(=O)C2(CN)CCC2)cc1. The van der Waals surface area contributed by atoms with Crippen molar-refractivity contribution in [1.29, 1.82) is 0 Å². The van der Waals surface area contributed by atoms with Gasteiger partial charge in [0.05, 0.1) is 18.6 Å². The van der Waals surface area contributed by atoms with Crippen LogP contribution in [-0.4, -0.2) is 19.6 Å². The number of methoxy groups -OCH3 is 1. The van der Waals surface area contributed by atoms with Gasteiger partial charge >= 0.3 is 0 Å². The van der Waals surface area contributed by atoms with E-state index in [9.17, 15) is 4.79 Å². The first-order valence-corrected chi connectivity index (χ1v) is 6.76. The number of hydrogen-bond acceptors (Lipinski definition) is 3. The summed E-state index contributed by atoms with van der Waals surface area (Å²) in [5.74, 6) is 0.907. The first-order valence-electron chi connectivity index (χ1n) is 6.76. The molecule has 0 radical (unpaired) electrons. The number of carbonyl (C=O) groups excluding carboxylic acids is 1. The zero-order valence-electron chi connectivity index (χ0n) is 11.6. The van der Waals surface area contributed by atoms with Crippen molar-refractivity contribution < 1.29 is 9.53 Å². The van der Waals surface area contributed by atoms with Crippen LogP contribution in [-0.2, 0) is 4.79 Å². The minimum absolute atomic E-state index is 0.0116. The highest BCUT2D eigenvalue weighted by Gasteiger charge is 2.43. The summed E-state index contributed by atoms with van der Waals surface area (Å²) in [5, 5.41) is 3.07. The van der Waals surface area contributed by atoms with E-state index in [-0.39, 0.29) is 17.4 Å². The third-order valence-corrected chi connectivity index (χ3v) is 4.15. The van der Waals surface area contributed by atoms with Crippen LogP contribution in [0.2, 0.25) is 0 Å². The molecule has 19 heavy (non-hydrogen) atoms. The fraction of sp³-hybridized carbons (Fsp3) is 0.533. The van der Waals surface area contributed by atoms with Crippen LogP contribution in [0.15, 0.2) is 24.3 Å². The number of nitrogens with one attached hydrogen (secondary N) is 1. The largest absolute Gasteiger partial charge is 0.497 e. The predicted octanol–water partition coefficient (Wildman–Crippen LogP) is 2.00. The molecule has 2 rings (SSSR count). The Kier molecular flexibility index (Phi) is 4.10. The minimum atomic E-state index is -0.319. The molecule has 0 bridgehead atoms. The van der Waals surface area contributed by atoms with Crippen molar-refractivity contribution in [3.8, 4) is 5.75 Å². The van der Waals surface area contributed by atoms with Gasteiger partial charge in [-0.2, -0.15) is 0 Å². The lowest BCUT2D eigenvalue weighted by molar-refractivity contribution is -0.135. The Balaban J connectivity index is 1.99. The third-order valence-electron chi connectivity index (χ3n) is 4.15. The lowest BCUT2D eigenvalue weighted by atomic mass is 9.68. The zero-order valence-corrected chi connectivity index (χ0v) is 11.6. The molecular weight excluding hydrogens is 240 g/mol. The molecule has 4 heteroatoms. The Bertz CT molecular complexity index is 432. The molecule has 1 aromatic rings. The Hall–Kier alpha value is -1.55. The molecule has 4 nitrogen and oxygen atoms in total. The number of nitrogens with two attached hydrogens (primary N) is 1. The van der Waals surface area contributed by atoms with Crippen molar-refractivity contribution in [1.82, 2.24) is 5.32 Å². The Morgan fingerprint density at radius 1 is 1.42 bits per heavy atom. The van der Waals surface area contributed by atoms with Gasteiger partial charge in [0, 0.05) is 6.54 Å². The second kappa shape index (κ2) is 5.61. The van der Waals surface area contributed by atoms with Crippen LogP contribution in [0.4, 0.5) is 0 Å². The van der Waals surface area contributed by atoms with Crippen LogP contribution in [0.25, 0.3) is 0 Å². The van der Waals surface area contributed by atoms with Gasteiger partial charge in [-0.15, -0.1) is 0 Å². The van der Waals surface area contributed by atoms with Crippen LogP contribution in [0, 0.1) is 5.41 Å². The van der Waals surface area contributed by atoms with Crippen LogP contribution in [0.3, 0.4) is 0 Å². The summed E-state index contributed by atoms with van der Waals surface area (Å²) in [6.45, 7) is 2.43. The summed E-state index contributed by atoms with van der Waals surface area (Å²) < 4.78 is 5.12. The number of benzene rings is 1. The van der Waals surface area contributed by atoms with Crippen molar-refractivity contribution in [2.75, 3.05) is 13.7 Å². The monoisotopic (exact) mass is 262 g/mol. The second-order valence-corrected chi connectivity index (χ2v) is 5.31. The van der Waals surface area contributed by atoms with Gasteiger partial charge in [0.2, 0.25) is 5.91 Å². The van der Waals surface area contributed by atoms with Gasteiger partial charge in [-0.05, 0) is 37.5 Å². The first-order chi connectivity index (χ1) is 9.11. The minimum Gasteiger partial charge on any atom is -0.497 e. The lowest BCUT2D eigenvalue weighted by Gasteiger charge is -2.39. The third kappa shape index (κ3) is 2.73. The molecule has 1 aliphatic rings. The molecule has 3 N–H and O–H groups in total. The van der Waals surface area contributed by atoms with Gasteiger partial charge in [-0.1, -0.05) is 18.6 Å². The normalized spacial score (nSPS) is 18.3. The fourth-order valence-electron chi connectivity index (χ4n) is 2.45. The summed E-state index contributed by atoms with van der Waals surface area (Å²) >= 11 is 0. The van der Waals surface area contributed by atoms with Crippen molar-refractivity contribution in [3.63, 3.8) is 0 Å². The number of amides is 1. The van der Waals surface area contributed by atoms with Gasteiger partial charge in [0.15, 0.2) is 0 Å². The maximum Gasteiger partial charge on any atom is 0.227 e. The summed E-state index contributed by atoms with van der Waals surface area (Å²) in [6.07, 6.45) is 2.91. The lowest BCUT2D eigenvalue weighted by Crippen LogP contribution is -2.50. The van der Waals surface area contributed by atoms with E-state index in [1.54, 1.807) is 7.11 Å². The Labute approximate surface area is 114 Å². The number of ether oxygens (including phenoxy) is 1. The van der Waals surface area contributed by atoms with Gasteiger partial charge in [0.25, 0.3) is 0 Å². The molecule has 1 unspecified atom stereocenters. The van der Waals surface area contributed by atoms with Crippen LogP contribution < -0.4 is 15.8 Å². The summed E-state index contributed by atoms with van der Waals surface area (Å²) in [6, 6.07) is 7.74. The van der Waals surface area contributed by atoms with E-state index in [1.807, 2.05) is 31.2 Å². The van der Waals surface area contributed by atoms with Crippen molar-refractivity contribution in [3.05, 3.63) is 29.8 Å². The van der Waals surface area contributed by atoms with Crippen molar-refractivity contribution in [2.45, 2.75) is 32.2 Å². The van der Waals surface area contributed by atoms with E-state index < -0.39 is 0 Å². The second-order valence-electron chi connectivity index (χ2n) is 5.31. The maximum absolute atomic E-state index is 12.3. The fourth-order valence-corrected chi connectivity index (χ4v) is 2.45. The van der Waals surface area contributed by atoms with E-state index in [0.717, 1.165) is 30.6 Å². The summed E-state index contributed by atoms with van der Waals surface area (Å²) in [5.41, 5.74) is 6.50. The molecule has 1 aliphatic carbocycles. The summed E-state index contributed by atoms with van der Waals surface area (Å²) in [7, 11) is 1.64. The Morgan fingerprint density at radius 3 is 2.47 bits per heavy atom. The van der Waals surface area contributed by atoms with E-state index in [1.165, 1.54) is 0 Å². The average molecular weight is 262 g/mol. The van der Waals surface area contributed by atoms with Crippen LogP contribution in [0.5, 0.6) is 5.75 Å². The predicted molar refractivity (Wildman–Crippen MR) is 74.9 cm³/mol. The standard InChI is InChI=1S/C15H22N2O2/c1-11(12-4-6-13(19-2)7-5-12)17-14(18)15(10-16)8-3-9-15/h4-7,11H,3,8-10,16H2,1-2H3,(H,17,18). The molecule has 1 fully saturated rings.